The van der Waals surface area contributed by atoms with E-state index in [1.165, 1.54) is 0 Å². The first-order valence-corrected chi connectivity index (χ1v) is 7.91. The van der Waals surface area contributed by atoms with Gasteiger partial charge >= 0.3 is 0 Å². The van der Waals surface area contributed by atoms with E-state index >= 15 is 0 Å². The van der Waals surface area contributed by atoms with E-state index in [9.17, 15) is 4.39 Å². The van der Waals surface area contributed by atoms with E-state index in [2.05, 4.69) is 15.3 Å². The zero-order valence-corrected chi connectivity index (χ0v) is 14.2. The molecule has 0 bridgehead atoms. The predicted molar refractivity (Wildman–Crippen MR) is 95.4 cm³/mol. The van der Waals surface area contributed by atoms with Gasteiger partial charge in [0.2, 0.25) is 0 Å². The predicted octanol–water partition coefficient (Wildman–Crippen LogP) is 3.75. The third-order valence-corrected chi connectivity index (χ3v) is 3.93. The van der Waals surface area contributed by atoms with Crippen molar-refractivity contribution in [1.29, 1.82) is 0 Å². The number of rotatable bonds is 5. The van der Waals surface area contributed by atoms with Crippen LogP contribution in [-0.2, 0) is 13.1 Å². The van der Waals surface area contributed by atoms with Crippen LogP contribution in [-0.4, -0.2) is 29.0 Å². The lowest BCUT2D eigenvalue weighted by atomic mass is 10.1. The Labute approximate surface area is 141 Å². The summed E-state index contributed by atoms with van der Waals surface area (Å²) in [6.45, 7) is 3.13. The first kappa shape index (κ1) is 16.3. The van der Waals surface area contributed by atoms with Gasteiger partial charge in [-0.25, -0.2) is 14.4 Å². The Morgan fingerprint density at radius 1 is 1.12 bits per heavy atom. The van der Waals surface area contributed by atoms with Crippen LogP contribution in [0.25, 0.3) is 10.9 Å². The first-order chi connectivity index (χ1) is 11.5. The number of halogens is 1. The van der Waals surface area contributed by atoms with Crippen molar-refractivity contribution in [3.05, 3.63) is 65.2 Å². The van der Waals surface area contributed by atoms with Gasteiger partial charge in [0.25, 0.3) is 0 Å². The normalized spacial score (nSPS) is 11.2. The highest BCUT2D eigenvalue weighted by atomic mass is 19.1. The van der Waals surface area contributed by atoms with Crippen molar-refractivity contribution in [1.82, 2.24) is 14.9 Å². The zero-order chi connectivity index (χ0) is 17.1. The average molecular weight is 324 g/mol. The van der Waals surface area contributed by atoms with Gasteiger partial charge in [0.15, 0.2) is 0 Å². The van der Waals surface area contributed by atoms with Crippen LogP contribution in [0.4, 0.5) is 10.2 Å². The second kappa shape index (κ2) is 6.93. The number of fused-ring (bicyclic) bond motifs is 1. The maximum absolute atomic E-state index is 14.2. The maximum atomic E-state index is 14.2. The molecule has 24 heavy (non-hydrogen) atoms. The lowest BCUT2D eigenvalue weighted by Crippen LogP contribution is -2.12. The van der Waals surface area contributed by atoms with Crippen molar-refractivity contribution in [3.8, 4) is 0 Å². The Bertz CT molecular complexity index is 861. The quantitative estimate of drug-likeness (QED) is 0.776. The smallest absolute Gasteiger partial charge is 0.137 e. The largest absolute Gasteiger partial charge is 0.365 e. The summed E-state index contributed by atoms with van der Waals surface area (Å²) in [7, 11) is 3.86. The van der Waals surface area contributed by atoms with Crippen molar-refractivity contribution >= 4 is 16.7 Å². The van der Waals surface area contributed by atoms with E-state index in [0.29, 0.717) is 18.7 Å². The number of nitrogens with zero attached hydrogens (tertiary/aromatic N) is 3. The van der Waals surface area contributed by atoms with Crippen LogP contribution in [0.1, 0.15) is 16.7 Å². The molecule has 1 N–H and O–H groups in total. The fourth-order valence-corrected chi connectivity index (χ4v) is 2.73. The lowest BCUT2D eigenvalue weighted by molar-refractivity contribution is 0.392. The van der Waals surface area contributed by atoms with Crippen LogP contribution in [0.15, 0.2) is 42.7 Å². The van der Waals surface area contributed by atoms with Gasteiger partial charge in [0.05, 0.1) is 5.52 Å². The van der Waals surface area contributed by atoms with Gasteiger partial charge < -0.3 is 10.2 Å². The van der Waals surface area contributed by atoms with Crippen LogP contribution in [0, 0.1) is 12.7 Å². The van der Waals surface area contributed by atoms with Gasteiger partial charge in [-0.05, 0) is 44.3 Å². The van der Waals surface area contributed by atoms with Gasteiger partial charge in [-0.2, -0.15) is 0 Å². The topological polar surface area (TPSA) is 41.0 Å². The Morgan fingerprint density at radius 2 is 1.96 bits per heavy atom. The van der Waals surface area contributed by atoms with E-state index in [0.717, 1.165) is 27.8 Å². The number of benzene rings is 2. The SMILES string of the molecule is Cc1cccc2c(NCc3ccc(CN(C)C)c(F)c3)ncnc12. The number of aryl methyl sites for hydroxylation is 1. The molecule has 2 aromatic carbocycles. The van der Waals surface area contributed by atoms with Crippen LogP contribution in [0.3, 0.4) is 0 Å². The molecule has 5 heteroatoms. The fraction of sp³-hybridized carbons (Fsp3) is 0.263. The molecule has 1 heterocycles. The second-order valence-corrected chi connectivity index (χ2v) is 6.21. The molecule has 0 unspecified atom stereocenters. The van der Waals surface area contributed by atoms with Gasteiger partial charge in [0, 0.05) is 24.0 Å². The molecule has 3 rings (SSSR count). The minimum Gasteiger partial charge on any atom is -0.365 e. The summed E-state index contributed by atoms with van der Waals surface area (Å²) in [6.07, 6.45) is 1.55. The third-order valence-electron chi connectivity index (χ3n) is 3.93. The van der Waals surface area contributed by atoms with Crippen molar-refractivity contribution in [2.24, 2.45) is 0 Å². The van der Waals surface area contributed by atoms with E-state index < -0.39 is 0 Å². The Balaban J connectivity index is 1.79. The van der Waals surface area contributed by atoms with E-state index in [1.54, 1.807) is 12.4 Å². The van der Waals surface area contributed by atoms with Crippen LogP contribution in [0.2, 0.25) is 0 Å². The molecule has 0 fully saturated rings. The molecule has 0 amide bonds. The number of anilines is 1. The molecule has 3 aromatic rings. The molecule has 1 aromatic heterocycles. The molecular weight excluding hydrogens is 303 g/mol. The number of hydrogen-bond donors (Lipinski definition) is 1. The van der Waals surface area contributed by atoms with Crippen LogP contribution < -0.4 is 5.32 Å². The fourth-order valence-electron chi connectivity index (χ4n) is 2.73. The molecule has 0 saturated heterocycles. The summed E-state index contributed by atoms with van der Waals surface area (Å²) in [5.74, 6) is 0.591. The highest BCUT2D eigenvalue weighted by molar-refractivity contribution is 5.90. The van der Waals surface area contributed by atoms with Crippen molar-refractivity contribution < 1.29 is 4.39 Å². The Kier molecular flexibility index (Phi) is 4.71. The molecular formula is C19H21FN4. The molecule has 0 spiro atoms. The van der Waals surface area contributed by atoms with E-state index in [4.69, 9.17) is 0 Å². The third kappa shape index (κ3) is 3.51. The molecule has 4 nitrogen and oxygen atoms in total. The average Bonchev–Trinajstić information content (AvgIpc) is 2.55. The van der Waals surface area contributed by atoms with Crippen molar-refractivity contribution in [3.63, 3.8) is 0 Å². The number of aromatic nitrogens is 2. The summed E-state index contributed by atoms with van der Waals surface area (Å²) in [5, 5.41) is 4.26. The van der Waals surface area contributed by atoms with Gasteiger partial charge in [-0.15, -0.1) is 0 Å². The molecule has 0 aliphatic rings. The second-order valence-electron chi connectivity index (χ2n) is 6.21. The summed E-state index contributed by atoms with van der Waals surface area (Å²) in [5.41, 5.74) is 3.63. The summed E-state index contributed by atoms with van der Waals surface area (Å²) < 4.78 is 14.2. The molecule has 0 saturated carbocycles. The number of nitrogens with one attached hydrogen (secondary N) is 1. The van der Waals surface area contributed by atoms with Gasteiger partial charge in [-0.1, -0.05) is 24.3 Å². The molecule has 0 atom stereocenters. The Morgan fingerprint density at radius 3 is 2.71 bits per heavy atom. The first-order valence-electron chi connectivity index (χ1n) is 7.91. The van der Waals surface area contributed by atoms with Gasteiger partial charge in [-0.3, -0.25) is 0 Å². The highest BCUT2D eigenvalue weighted by Gasteiger charge is 2.07. The molecule has 0 radical (unpaired) electrons. The zero-order valence-electron chi connectivity index (χ0n) is 14.2. The minimum atomic E-state index is -0.175. The lowest BCUT2D eigenvalue weighted by Gasteiger charge is -2.12. The standard InChI is InChI=1S/C19H21FN4/c1-13-5-4-6-16-18(13)22-12-23-19(16)21-10-14-7-8-15(11-24(2)3)17(20)9-14/h4-9,12H,10-11H2,1-3H3,(H,21,22,23). The van der Waals surface area contributed by atoms with Crippen molar-refractivity contribution in [2.75, 3.05) is 19.4 Å². The molecule has 0 aliphatic carbocycles. The van der Waals surface area contributed by atoms with Crippen molar-refractivity contribution in [2.45, 2.75) is 20.0 Å². The summed E-state index contributed by atoms with van der Waals surface area (Å²) in [4.78, 5) is 10.6. The molecule has 124 valence electrons. The molecule has 0 aliphatic heterocycles. The Hall–Kier alpha value is -2.53. The summed E-state index contributed by atoms with van der Waals surface area (Å²) >= 11 is 0. The number of hydrogen-bond acceptors (Lipinski definition) is 4. The minimum absolute atomic E-state index is 0.175. The monoisotopic (exact) mass is 324 g/mol. The summed E-state index contributed by atoms with van der Waals surface area (Å²) in [6, 6.07) is 11.4. The number of para-hydroxylation sites is 1. The van der Waals surface area contributed by atoms with Crippen LogP contribution in [0.5, 0.6) is 0 Å². The van der Waals surface area contributed by atoms with E-state index in [1.807, 2.05) is 56.3 Å². The van der Waals surface area contributed by atoms with Crippen LogP contribution >= 0.6 is 0 Å². The van der Waals surface area contributed by atoms with Gasteiger partial charge in [0.1, 0.15) is 18.0 Å². The van der Waals surface area contributed by atoms with E-state index in [-0.39, 0.29) is 5.82 Å². The maximum Gasteiger partial charge on any atom is 0.137 e. The highest BCUT2D eigenvalue weighted by Crippen LogP contribution is 2.22.